The van der Waals surface area contributed by atoms with Gasteiger partial charge >= 0.3 is 0 Å². The van der Waals surface area contributed by atoms with Crippen LogP contribution in [0.5, 0.6) is 5.75 Å². The predicted molar refractivity (Wildman–Crippen MR) is 106 cm³/mol. The minimum atomic E-state index is -0.143. The number of carbonyl (C=O) groups is 1. The van der Waals surface area contributed by atoms with Crippen LogP contribution in [-0.4, -0.2) is 32.8 Å². The molecule has 0 aliphatic heterocycles. The number of aromatic nitrogens is 4. The lowest BCUT2D eigenvalue weighted by Gasteiger charge is -2.08. The number of ether oxygens (including phenoxy) is 1. The van der Waals surface area contributed by atoms with Gasteiger partial charge in [-0.3, -0.25) is 4.79 Å². The van der Waals surface area contributed by atoms with E-state index in [1.807, 2.05) is 24.3 Å². The van der Waals surface area contributed by atoms with Crippen LogP contribution in [-0.2, 0) is 6.54 Å². The molecule has 9 heteroatoms. The first-order chi connectivity index (χ1) is 13.1. The molecule has 0 saturated carbocycles. The van der Waals surface area contributed by atoms with Crippen LogP contribution in [0.2, 0.25) is 0 Å². The zero-order chi connectivity index (χ0) is 18.8. The SMILES string of the molecule is COc1ccc(C(=O)NCc2ccc(-c3nn4cnnc4s3)cc2)cc1Br. The van der Waals surface area contributed by atoms with E-state index in [9.17, 15) is 4.79 Å². The Labute approximate surface area is 167 Å². The van der Waals surface area contributed by atoms with Crippen LogP contribution in [0.15, 0.2) is 53.3 Å². The number of hydrogen-bond donors (Lipinski definition) is 1. The fraction of sp³-hybridized carbons (Fsp3) is 0.111. The van der Waals surface area contributed by atoms with E-state index < -0.39 is 0 Å². The van der Waals surface area contributed by atoms with Gasteiger partial charge in [-0.05, 0) is 39.7 Å². The van der Waals surface area contributed by atoms with E-state index in [0.29, 0.717) is 17.9 Å². The molecule has 4 aromatic rings. The summed E-state index contributed by atoms with van der Waals surface area (Å²) in [5, 5.41) is 16.0. The van der Waals surface area contributed by atoms with Crippen molar-refractivity contribution in [2.24, 2.45) is 0 Å². The molecule has 0 radical (unpaired) electrons. The van der Waals surface area contributed by atoms with Gasteiger partial charge in [-0.2, -0.15) is 9.61 Å². The van der Waals surface area contributed by atoms with Gasteiger partial charge in [0.15, 0.2) is 0 Å². The Balaban J connectivity index is 1.41. The molecule has 0 aliphatic carbocycles. The van der Waals surface area contributed by atoms with Gasteiger partial charge in [-0.25, -0.2) is 0 Å². The molecule has 27 heavy (non-hydrogen) atoms. The summed E-state index contributed by atoms with van der Waals surface area (Å²) in [4.78, 5) is 13.1. The molecule has 0 spiro atoms. The van der Waals surface area contributed by atoms with Gasteiger partial charge in [0.1, 0.15) is 17.1 Å². The molecule has 2 aromatic heterocycles. The predicted octanol–water partition coefficient (Wildman–Crippen LogP) is 3.55. The molecule has 1 N–H and O–H groups in total. The molecule has 0 atom stereocenters. The number of rotatable bonds is 5. The minimum Gasteiger partial charge on any atom is -0.496 e. The number of benzene rings is 2. The second-order valence-corrected chi connectivity index (χ2v) is 7.50. The van der Waals surface area contributed by atoms with E-state index in [1.54, 1.807) is 36.2 Å². The Morgan fingerprint density at radius 2 is 2.07 bits per heavy atom. The zero-order valence-electron chi connectivity index (χ0n) is 14.2. The van der Waals surface area contributed by atoms with E-state index in [-0.39, 0.29) is 5.91 Å². The van der Waals surface area contributed by atoms with Crippen LogP contribution in [0.25, 0.3) is 15.5 Å². The average Bonchev–Trinajstić information content (AvgIpc) is 3.28. The Hall–Kier alpha value is -2.78. The van der Waals surface area contributed by atoms with Crippen LogP contribution in [0.4, 0.5) is 0 Å². The van der Waals surface area contributed by atoms with Gasteiger partial charge in [-0.15, -0.1) is 10.2 Å². The highest BCUT2D eigenvalue weighted by Crippen LogP contribution is 2.26. The van der Waals surface area contributed by atoms with Crippen molar-refractivity contribution < 1.29 is 9.53 Å². The summed E-state index contributed by atoms with van der Waals surface area (Å²) < 4.78 is 7.58. The fourth-order valence-corrected chi connectivity index (χ4v) is 3.90. The second-order valence-electron chi connectivity index (χ2n) is 5.69. The summed E-state index contributed by atoms with van der Waals surface area (Å²) in [5.74, 6) is 0.545. The molecule has 0 saturated heterocycles. The lowest BCUT2D eigenvalue weighted by molar-refractivity contribution is 0.0951. The number of hydrogen-bond acceptors (Lipinski definition) is 6. The smallest absolute Gasteiger partial charge is 0.251 e. The fourth-order valence-electron chi connectivity index (χ4n) is 2.53. The molecule has 7 nitrogen and oxygen atoms in total. The molecule has 2 aromatic carbocycles. The van der Waals surface area contributed by atoms with Crippen molar-refractivity contribution in [2.45, 2.75) is 6.54 Å². The van der Waals surface area contributed by atoms with Gasteiger partial charge in [-0.1, -0.05) is 35.6 Å². The van der Waals surface area contributed by atoms with Crippen LogP contribution in [0.3, 0.4) is 0 Å². The van der Waals surface area contributed by atoms with E-state index >= 15 is 0 Å². The number of nitrogens with one attached hydrogen (secondary N) is 1. The third-order valence-corrected chi connectivity index (χ3v) is 5.54. The van der Waals surface area contributed by atoms with Crippen molar-refractivity contribution in [1.29, 1.82) is 0 Å². The number of halogens is 1. The van der Waals surface area contributed by atoms with Gasteiger partial charge < -0.3 is 10.1 Å². The van der Waals surface area contributed by atoms with Gasteiger partial charge in [0.2, 0.25) is 4.96 Å². The number of fused-ring (bicyclic) bond motifs is 1. The molecule has 0 unspecified atom stereocenters. The monoisotopic (exact) mass is 443 g/mol. The molecule has 4 rings (SSSR count). The summed E-state index contributed by atoms with van der Waals surface area (Å²) in [7, 11) is 1.59. The largest absolute Gasteiger partial charge is 0.496 e. The molecule has 2 heterocycles. The summed E-state index contributed by atoms with van der Waals surface area (Å²) in [6.07, 6.45) is 1.58. The average molecular weight is 444 g/mol. The summed E-state index contributed by atoms with van der Waals surface area (Å²) in [5.41, 5.74) is 2.57. The number of nitrogens with zero attached hydrogens (tertiary/aromatic N) is 4. The van der Waals surface area contributed by atoms with Crippen molar-refractivity contribution in [3.63, 3.8) is 0 Å². The van der Waals surface area contributed by atoms with Crippen LogP contribution in [0.1, 0.15) is 15.9 Å². The van der Waals surface area contributed by atoms with Crippen molar-refractivity contribution in [1.82, 2.24) is 25.1 Å². The number of amides is 1. The standard InChI is InChI=1S/C18H14BrN5O2S/c1-26-15-7-6-13(8-14(15)19)16(25)20-9-11-2-4-12(5-3-11)17-23-24-10-21-22-18(24)27-17/h2-8,10H,9H2,1H3,(H,20,25). The van der Waals surface area contributed by atoms with Crippen LogP contribution >= 0.6 is 27.3 Å². The van der Waals surface area contributed by atoms with Gasteiger partial charge in [0.25, 0.3) is 5.91 Å². The first kappa shape index (κ1) is 17.6. The molecule has 0 bridgehead atoms. The molecular weight excluding hydrogens is 430 g/mol. The van der Waals surface area contributed by atoms with Crippen molar-refractivity contribution in [3.8, 4) is 16.3 Å². The Morgan fingerprint density at radius 1 is 1.26 bits per heavy atom. The van der Waals surface area contributed by atoms with Gasteiger partial charge in [0.05, 0.1) is 11.6 Å². The van der Waals surface area contributed by atoms with E-state index in [0.717, 1.165) is 25.6 Å². The maximum atomic E-state index is 12.3. The highest BCUT2D eigenvalue weighted by atomic mass is 79.9. The molecule has 136 valence electrons. The molecule has 1 amide bonds. The highest BCUT2D eigenvalue weighted by molar-refractivity contribution is 9.10. The number of carbonyl (C=O) groups excluding carboxylic acids is 1. The quantitative estimate of drug-likeness (QED) is 0.509. The summed E-state index contributed by atoms with van der Waals surface area (Å²) in [6, 6.07) is 13.1. The zero-order valence-corrected chi connectivity index (χ0v) is 16.6. The van der Waals surface area contributed by atoms with Crippen LogP contribution in [0, 0.1) is 0 Å². The summed E-state index contributed by atoms with van der Waals surface area (Å²) >= 11 is 4.87. The summed E-state index contributed by atoms with van der Waals surface area (Å²) in [6.45, 7) is 0.438. The van der Waals surface area contributed by atoms with Crippen molar-refractivity contribution >= 4 is 38.1 Å². The third-order valence-electron chi connectivity index (χ3n) is 3.95. The lowest BCUT2D eigenvalue weighted by Crippen LogP contribution is -2.22. The van der Waals surface area contributed by atoms with E-state index in [2.05, 4.69) is 36.5 Å². The van der Waals surface area contributed by atoms with Crippen LogP contribution < -0.4 is 10.1 Å². The van der Waals surface area contributed by atoms with E-state index in [4.69, 9.17) is 4.74 Å². The topological polar surface area (TPSA) is 81.4 Å². The highest BCUT2D eigenvalue weighted by Gasteiger charge is 2.10. The Kier molecular flexibility index (Phi) is 4.87. The minimum absolute atomic E-state index is 0.143. The maximum Gasteiger partial charge on any atom is 0.251 e. The molecule has 0 aliphatic rings. The number of methoxy groups -OCH3 is 1. The Bertz CT molecular complexity index is 1080. The van der Waals surface area contributed by atoms with Gasteiger partial charge in [0, 0.05) is 17.7 Å². The molecular formula is C18H14BrN5O2S. The first-order valence-electron chi connectivity index (χ1n) is 8.02. The lowest BCUT2D eigenvalue weighted by atomic mass is 10.1. The van der Waals surface area contributed by atoms with Crippen molar-refractivity contribution in [2.75, 3.05) is 7.11 Å². The Morgan fingerprint density at radius 3 is 2.78 bits per heavy atom. The van der Waals surface area contributed by atoms with Crippen molar-refractivity contribution in [3.05, 3.63) is 64.4 Å². The third kappa shape index (κ3) is 3.69. The molecule has 0 fully saturated rings. The first-order valence-corrected chi connectivity index (χ1v) is 9.63. The maximum absolute atomic E-state index is 12.3. The second kappa shape index (κ2) is 7.45. The van der Waals surface area contributed by atoms with E-state index in [1.165, 1.54) is 11.3 Å². The normalized spacial score (nSPS) is 10.9.